The van der Waals surface area contributed by atoms with Crippen molar-refractivity contribution < 1.29 is 9.59 Å². The summed E-state index contributed by atoms with van der Waals surface area (Å²) in [5.41, 5.74) is 1.09. The van der Waals surface area contributed by atoms with Gasteiger partial charge in [0.05, 0.1) is 0 Å². The summed E-state index contributed by atoms with van der Waals surface area (Å²) in [5, 5.41) is 5.47. The smallest absolute Gasteiger partial charge is 0.242 e. The Bertz CT molecular complexity index is 463. The maximum atomic E-state index is 11.8. The van der Waals surface area contributed by atoms with Crippen LogP contribution in [0, 0.1) is 0 Å². The van der Waals surface area contributed by atoms with E-state index in [1.165, 1.54) is 0 Å². The van der Waals surface area contributed by atoms with Gasteiger partial charge in [-0.25, -0.2) is 0 Å². The van der Waals surface area contributed by atoms with Gasteiger partial charge in [-0.2, -0.15) is 0 Å². The van der Waals surface area contributed by atoms with Gasteiger partial charge in [0, 0.05) is 17.4 Å². The number of benzene rings is 1. The second kappa shape index (κ2) is 8.74. The first-order valence-corrected chi connectivity index (χ1v) is 7.64. The van der Waals surface area contributed by atoms with Gasteiger partial charge in [0.2, 0.25) is 11.8 Å². The molecule has 4 nitrogen and oxygen atoms in total. The average Bonchev–Trinajstić information content (AvgIpc) is 2.43. The number of rotatable bonds is 7. The van der Waals surface area contributed by atoms with Crippen molar-refractivity contribution in [2.24, 2.45) is 0 Å². The van der Waals surface area contributed by atoms with Crippen molar-refractivity contribution in [2.75, 3.05) is 6.54 Å². The quantitative estimate of drug-likeness (QED) is 0.800. The predicted octanol–water partition coefficient (Wildman–Crippen LogP) is 2.41. The Kier molecular flexibility index (Phi) is 7.30. The van der Waals surface area contributed by atoms with Crippen molar-refractivity contribution in [1.29, 1.82) is 0 Å². The molecule has 1 rings (SSSR count). The highest BCUT2D eigenvalue weighted by molar-refractivity contribution is 9.10. The molecular weight excluding hydrogens is 320 g/mol. The third-order valence-corrected chi connectivity index (χ3v) is 3.67. The molecule has 2 N–H and O–H groups in total. The number of amides is 2. The molecule has 0 heterocycles. The normalized spacial score (nSPS) is 11.8. The van der Waals surface area contributed by atoms with Gasteiger partial charge in [-0.15, -0.1) is 0 Å². The summed E-state index contributed by atoms with van der Waals surface area (Å²) in [4.78, 5) is 23.4. The van der Waals surface area contributed by atoms with Crippen molar-refractivity contribution in [3.8, 4) is 0 Å². The van der Waals surface area contributed by atoms with E-state index >= 15 is 0 Å². The van der Waals surface area contributed by atoms with Crippen LogP contribution < -0.4 is 10.6 Å². The van der Waals surface area contributed by atoms with E-state index in [0.29, 0.717) is 19.4 Å². The van der Waals surface area contributed by atoms with Gasteiger partial charge in [-0.05, 0) is 31.4 Å². The van der Waals surface area contributed by atoms with Crippen LogP contribution in [-0.2, 0) is 16.0 Å². The Morgan fingerprint density at radius 3 is 2.65 bits per heavy atom. The SMILES string of the molecule is CCCNC(=O)[C@@H](C)NC(=O)CCc1ccccc1Br. The molecule has 0 aromatic heterocycles. The number of halogens is 1. The summed E-state index contributed by atoms with van der Waals surface area (Å²) in [6.07, 6.45) is 1.90. The molecule has 5 heteroatoms. The minimum Gasteiger partial charge on any atom is -0.354 e. The fourth-order valence-electron chi connectivity index (χ4n) is 1.73. The first-order valence-electron chi connectivity index (χ1n) is 6.85. The van der Waals surface area contributed by atoms with E-state index in [1.54, 1.807) is 6.92 Å². The van der Waals surface area contributed by atoms with Crippen LogP contribution in [0.15, 0.2) is 28.7 Å². The molecule has 1 aromatic carbocycles. The molecule has 0 spiro atoms. The Balaban J connectivity index is 2.37. The van der Waals surface area contributed by atoms with E-state index in [9.17, 15) is 9.59 Å². The molecule has 2 amide bonds. The van der Waals surface area contributed by atoms with Crippen LogP contribution in [0.25, 0.3) is 0 Å². The van der Waals surface area contributed by atoms with E-state index in [4.69, 9.17) is 0 Å². The maximum Gasteiger partial charge on any atom is 0.242 e. The first-order chi connectivity index (χ1) is 9.54. The minimum absolute atomic E-state index is 0.111. The van der Waals surface area contributed by atoms with Gasteiger partial charge in [0.15, 0.2) is 0 Å². The van der Waals surface area contributed by atoms with Crippen LogP contribution in [0.4, 0.5) is 0 Å². The van der Waals surface area contributed by atoms with Crippen LogP contribution in [-0.4, -0.2) is 24.4 Å². The molecule has 0 saturated carbocycles. The van der Waals surface area contributed by atoms with Gasteiger partial charge in [0.25, 0.3) is 0 Å². The Labute approximate surface area is 128 Å². The number of hydrogen-bond acceptors (Lipinski definition) is 2. The number of aryl methyl sites for hydroxylation is 1. The second-order valence-electron chi connectivity index (χ2n) is 4.67. The number of nitrogens with one attached hydrogen (secondary N) is 2. The molecule has 0 saturated heterocycles. The van der Waals surface area contributed by atoms with E-state index in [-0.39, 0.29) is 11.8 Å². The number of carbonyl (C=O) groups is 2. The van der Waals surface area contributed by atoms with Crippen molar-refractivity contribution >= 4 is 27.7 Å². The van der Waals surface area contributed by atoms with Crippen LogP contribution in [0.5, 0.6) is 0 Å². The lowest BCUT2D eigenvalue weighted by Crippen LogP contribution is -2.45. The molecular formula is C15H21BrN2O2. The number of hydrogen-bond donors (Lipinski definition) is 2. The summed E-state index contributed by atoms with van der Waals surface area (Å²) in [7, 11) is 0. The summed E-state index contributed by atoms with van der Waals surface area (Å²) >= 11 is 3.45. The van der Waals surface area contributed by atoms with Crippen molar-refractivity contribution in [3.05, 3.63) is 34.3 Å². The minimum atomic E-state index is -0.492. The first kappa shape index (κ1) is 16.7. The lowest BCUT2D eigenvalue weighted by atomic mass is 10.1. The van der Waals surface area contributed by atoms with Gasteiger partial charge in [0.1, 0.15) is 6.04 Å². The third-order valence-electron chi connectivity index (χ3n) is 2.90. The summed E-state index contributed by atoms with van der Waals surface area (Å²) in [6.45, 7) is 4.32. The number of carbonyl (C=O) groups excluding carboxylic acids is 2. The molecule has 20 heavy (non-hydrogen) atoms. The zero-order valence-electron chi connectivity index (χ0n) is 11.9. The molecule has 0 aliphatic rings. The molecule has 0 unspecified atom stereocenters. The van der Waals surface area contributed by atoms with Crippen molar-refractivity contribution in [3.63, 3.8) is 0 Å². The second-order valence-corrected chi connectivity index (χ2v) is 5.53. The summed E-state index contributed by atoms with van der Waals surface area (Å²) in [6, 6.07) is 7.32. The van der Waals surface area contributed by atoms with Crippen LogP contribution in [0.2, 0.25) is 0 Å². The molecule has 0 aliphatic heterocycles. The van der Waals surface area contributed by atoms with Crippen LogP contribution in [0.3, 0.4) is 0 Å². The topological polar surface area (TPSA) is 58.2 Å². The molecule has 0 radical (unpaired) electrons. The standard InChI is InChI=1S/C15H21BrN2O2/c1-3-10-17-15(20)11(2)18-14(19)9-8-12-6-4-5-7-13(12)16/h4-7,11H,3,8-10H2,1-2H3,(H,17,20)(H,18,19)/t11-/m1/s1. The van der Waals surface area contributed by atoms with Gasteiger partial charge in [-0.3, -0.25) is 9.59 Å². The summed E-state index contributed by atoms with van der Waals surface area (Å²) < 4.78 is 1.00. The summed E-state index contributed by atoms with van der Waals surface area (Å²) in [5.74, 6) is -0.249. The molecule has 0 bridgehead atoms. The highest BCUT2D eigenvalue weighted by atomic mass is 79.9. The fraction of sp³-hybridized carbons (Fsp3) is 0.467. The van der Waals surface area contributed by atoms with E-state index in [1.807, 2.05) is 31.2 Å². The highest BCUT2D eigenvalue weighted by Crippen LogP contribution is 2.17. The van der Waals surface area contributed by atoms with Gasteiger partial charge >= 0.3 is 0 Å². The molecule has 0 fully saturated rings. The molecule has 0 aliphatic carbocycles. The van der Waals surface area contributed by atoms with Gasteiger partial charge in [-0.1, -0.05) is 41.1 Å². The van der Waals surface area contributed by atoms with Crippen molar-refractivity contribution in [2.45, 2.75) is 39.2 Å². The lowest BCUT2D eigenvalue weighted by Gasteiger charge is -2.14. The van der Waals surface area contributed by atoms with Crippen molar-refractivity contribution in [1.82, 2.24) is 10.6 Å². The highest BCUT2D eigenvalue weighted by Gasteiger charge is 2.14. The fourth-order valence-corrected chi connectivity index (χ4v) is 2.21. The Hall–Kier alpha value is -1.36. The zero-order valence-corrected chi connectivity index (χ0v) is 13.5. The Morgan fingerprint density at radius 1 is 1.30 bits per heavy atom. The van der Waals surface area contributed by atoms with E-state index in [2.05, 4.69) is 26.6 Å². The lowest BCUT2D eigenvalue weighted by molar-refractivity contribution is -0.128. The molecule has 110 valence electrons. The monoisotopic (exact) mass is 340 g/mol. The molecule has 1 aromatic rings. The van der Waals surface area contributed by atoms with Crippen LogP contribution >= 0.6 is 15.9 Å². The predicted molar refractivity (Wildman–Crippen MR) is 83.4 cm³/mol. The third kappa shape index (κ3) is 5.74. The maximum absolute atomic E-state index is 11.8. The van der Waals surface area contributed by atoms with E-state index < -0.39 is 6.04 Å². The average molecular weight is 341 g/mol. The van der Waals surface area contributed by atoms with Crippen LogP contribution in [0.1, 0.15) is 32.3 Å². The van der Waals surface area contributed by atoms with Gasteiger partial charge < -0.3 is 10.6 Å². The zero-order chi connectivity index (χ0) is 15.0. The largest absolute Gasteiger partial charge is 0.354 e. The van der Waals surface area contributed by atoms with E-state index in [0.717, 1.165) is 16.5 Å². The molecule has 1 atom stereocenters. The Morgan fingerprint density at radius 2 is 2.00 bits per heavy atom.